The van der Waals surface area contributed by atoms with Gasteiger partial charge >= 0.3 is 0 Å². The second kappa shape index (κ2) is 7.73. The third-order valence-corrected chi connectivity index (χ3v) is 5.67. The van der Waals surface area contributed by atoms with Gasteiger partial charge in [-0.25, -0.2) is 12.8 Å². The number of halogens is 1. The van der Waals surface area contributed by atoms with Crippen LogP contribution in [-0.2, 0) is 9.84 Å². The predicted octanol–water partition coefficient (Wildman–Crippen LogP) is 2.42. The molecule has 0 radical (unpaired) electrons. The number of anilines is 1. The Morgan fingerprint density at radius 1 is 1.11 bits per heavy atom. The van der Waals surface area contributed by atoms with Crippen LogP contribution >= 0.6 is 0 Å². The smallest absolute Gasteiger partial charge is 0.276 e. The van der Waals surface area contributed by atoms with Gasteiger partial charge in [0.1, 0.15) is 11.5 Å². The summed E-state index contributed by atoms with van der Waals surface area (Å²) in [5.41, 5.74) is 0.0322. The molecular weight excluding hydrogens is 385 g/mol. The lowest BCUT2D eigenvalue weighted by Crippen LogP contribution is -2.24. The number of sulfone groups is 1. The van der Waals surface area contributed by atoms with E-state index in [0.29, 0.717) is 5.69 Å². The first-order valence-corrected chi connectivity index (χ1v) is 9.96. The van der Waals surface area contributed by atoms with E-state index in [-0.39, 0.29) is 22.0 Å². The van der Waals surface area contributed by atoms with Gasteiger partial charge in [0.25, 0.3) is 11.5 Å². The number of aromatic nitrogens is 2. The maximum Gasteiger partial charge on any atom is 0.276 e. The first-order chi connectivity index (χ1) is 13.3. The number of nitrogens with one attached hydrogen (secondary N) is 1. The van der Waals surface area contributed by atoms with Crippen LogP contribution in [0.1, 0.15) is 17.4 Å². The molecular formula is C19H16FN3O4S. The zero-order chi connectivity index (χ0) is 20.3. The van der Waals surface area contributed by atoms with Crippen molar-refractivity contribution in [3.05, 3.63) is 82.5 Å². The molecule has 0 aliphatic carbocycles. The maximum absolute atomic E-state index is 13.1. The molecule has 0 bridgehead atoms. The summed E-state index contributed by atoms with van der Waals surface area (Å²) in [5.74, 6) is -1.15. The number of benzene rings is 2. The van der Waals surface area contributed by atoms with E-state index in [1.54, 1.807) is 6.07 Å². The van der Waals surface area contributed by atoms with Crippen molar-refractivity contribution < 1.29 is 17.6 Å². The minimum Gasteiger partial charge on any atom is -0.321 e. The van der Waals surface area contributed by atoms with Crippen molar-refractivity contribution in [2.45, 2.75) is 11.8 Å². The third kappa shape index (κ3) is 4.15. The van der Waals surface area contributed by atoms with Crippen LogP contribution in [0.3, 0.4) is 0 Å². The van der Waals surface area contributed by atoms with Gasteiger partial charge in [0.2, 0.25) is 0 Å². The maximum atomic E-state index is 13.1. The van der Waals surface area contributed by atoms with Crippen LogP contribution in [0.5, 0.6) is 0 Å². The predicted molar refractivity (Wildman–Crippen MR) is 102 cm³/mol. The van der Waals surface area contributed by atoms with Crippen LogP contribution in [0.15, 0.2) is 70.4 Å². The van der Waals surface area contributed by atoms with E-state index in [1.165, 1.54) is 61.5 Å². The van der Waals surface area contributed by atoms with Gasteiger partial charge in [-0.15, -0.1) is 0 Å². The number of hydrogen-bond acceptors (Lipinski definition) is 5. The number of hydrogen-bond donors (Lipinski definition) is 1. The van der Waals surface area contributed by atoms with Crippen molar-refractivity contribution in [3.63, 3.8) is 0 Å². The molecule has 0 saturated carbocycles. The Bertz CT molecular complexity index is 1190. The average Bonchev–Trinajstić information content (AvgIpc) is 2.69. The Labute approximate surface area is 160 Å². The summed E-state index contributed by atoms with van der Waals surface area (Å²) in [7, 11) is -3.42. The Kier molecular flexibility index (Phi) is 5.36. The number of rotatable bonds is 5. The lowest BCUT2D eigenvalue weighted by molar-refractivity contribution is 0.102. The van der Waals surface area contributed by atoms with Crippen molar-refractivity contribution in [1.29, 1.82) is 0 Å². The van der Waals surface area contributed by atoms with Crippen molar-refractivity contribution in [3.8, 4) is 5.69 Å². The monoisotopic (exact) mass is 401 g/mol. The van der Waals surface area contributed by atoms with Crippen LogP contribution in [-0.4, -0.2) is 29.9 Å². The molecule has 28 heavy (non-hydrogen) atoms. The quantitative estimate of drug-likeness (QED) is 0.708. The van der Waals surface area contributed by atoms with Crippen LogP contribution in [0, 0.1) is 5.82 Å². The molecule has 3 aromatic rings. The largest absolute Gasteiger partial charge is 0.321 e. The molecule has 0 unspecified atom stereocenters. The zero-order valence-electron chi connectivity index (χ0n) is 14.8. The van der Waals surface area contributed by atoms with E-state index >= 15 is 0 Å². The summed E-state index contributed by atoms with van der Waals surface area (Å²) in [5, 5.41) is 6.57. The highest BCUT2D eigenvalue weighted by Crippen LogP contribution is 2.17. The first-order valence-electron chi connectivity index (χ1n) is 8.30. The summed E-state index contributed by atoms with van der Waals surface area (Å²) in [6, 6.07) is 13.4. The minimum atomic E-state index is -3.42. The summed E-state index contributed by atoms with van der Waals surface area (Å²) in [4.78, 5) is 24.6. The lowest BCUT2D eigenvalue weighted by Gasteiger charge is -2.09. The fourth-order valence-corrected chi connectivity index (χ4v) is 3.35. The molecule has 9 heteroatoms. The Balaban J connectivity index is 1.90. The van der Waals surface area contributed by atoms with Crippen molar-refractivity contribution >= 4 is 21.4 Å². The highest BCUT2D eigenvalue weighted by molar-refractivity contribution is 7.91. The van der Waals surface area contributed by atoms with E-state index in [9.17, 15) is 22.4 Å². The van der Waals surface area contributed by atoms with Gasteiger partial charge in [0.15, 0.2) is 9.84 Å². The summed E-state index contributed by atoms with van der Waals surface area (Å²) >= 11 is 0. The van der Waals surface area contributed by atoms with Crippen molar-refractivity contribution in [1.82, 2.24) is 9.78 Å². The Morgan fingerprint density at radius 2 is 1.82 bits per heavy atom. The second-order valence-electron chi connectivity index (χ2n) is 5.83. The molecule has 1 heterocycles. The highest BCUT2D eigenvalue weighted by Gasteiger charge is 2.14. The van der Waals surface area contributed by atoms with Gasteiger partial charge in [0.05, 0.1) is 16.3 Å². The standard InChI is InChI=1S/C19H16FN3O4S/c1-2-28(26,27)16-5-3-4-14(12-16)21-19(25)17-10-11-18(24)23(22-17)15-8-6-13(20)7-9-15/h3-12H,2H2,1H3,(H,21,25). The molecule has 2 aromatic carbocycles. The van der Waals surface area contributed by atoms with Crippen LogP contribution in [0.4, 0.5) is 10.1 Å². The summed E-state index contributed by atoms with van der Waals surface area (Å²) in [6.07, 6.45) is 0. The molecule has 0 aliphatic rings. The van der Waals surface area contributed by atoms with Gasteiger partial charge in [-0.2, -0.15) is 9.78 Å². The number of amides is 1. The topological polar surface area (TPSA) is 98.1 Å². The molecule has 1 N–H and O–H groups in total. The molecule has 0 saturated heterocycles. The molecule has 0 spiro atoms. The number of carbonyl (C=O) groups is 1. The normalized spacial score (nSPS) is 11.2. The highest BCUT2D eigenvalue weighted by atomic mass is 32.2. The molecule has 144 valence electrons. The molecule has 0 fully saturated rings. The van der Waals surface area contributed by atoms with Gasteiger partial charge in [0, 0.05) is 11.8 Å². The van der Waals surface area contributed by atoms with E-state index in [2.05, 4.69) is 10.4 Å². The van der Waals surface area contributed by atoms with Crippen LogP contribution in [0.2, 0.25) is 0 Å². The molecule has 3 rings (SSSR count). The van der Waals surface area contributed by atoms with E-state index in [0.717, 1.165) is 4.68 Å². The van der Waals surface area contributed by atoms with Gasteiger partial charge < -0.3 is 5.32 Å². The van der Waals surface area contributed by atoms with Crippen molar-refractivity contribution in [2.75, 3.05) is 11.1 Å². The van der Waals surface area contributed by atoms with Gasteiger partial charge in [-0.05, 0) is 48.5 Å². The number of carbonyl (C=O) groups excluding carboxylic acids is 1. The Hall–Kier alpha value is -3.33. The van der Waals surface area contributed by atoms with E-state index in [1.807, 2.05) is 0 Å². The average molecular weight is 401 g/mol. The SMILES string of the molecule is CCS(=O)(=O)c1cccc(NC(=O)c2ccc(=O)n(-c3ccc(F)cc3)n2)c1. The molecule has 7 nitrogen and oxygen atoms in total. The molecule has 1 aromatic heterocycles. The Morgan fingerprint density at radius 3 is 2.50 bits per heavy atom. The fourth-order valence-electron chi connectivity index (χ4n) is 2.43. The van der Waals surface area contributed by atoms with Crippen LogP contribution < -0.4 is 10.9 Å². The van der Waals surface area contributed by atoms with Gasteiger partial charge in [-0.3, -0.25) is 9.59 Å². The van der Waals surface area contributed by atoms with E-state index in [4.69, 9.17) is 0 Å². The molecule has 0 aliphatic heterocycles. The summed E-state index contributed by atoms with van der Waals surface area (Å²) < 4.78 is 38.0. The molecule has 1 amide bonds. The van der Waals surface area contributed by atoms with Crippen molar-refractivity contribution in [2.24, 2.45) is 0 Å². The lowest BCUT2D eigenvalue weighted by atomic mass is 10.3. The van der Waals surface area contributed by atoms with Gasteiger partial charge in [-0.1, -0.05) is 13.0 Å². The zero-order valence-corrected chi connectivity index (χ0v) is 15.6. The van der Waals surface area contributed by atoms with Crippen LogP contribution in [0.25, 0.3) is 5.69 Å². The first kappa shape index (κ1) is 19.4. The minimum absolute atomic E-state index is 0.0609. The van der Waals surface area contributed by atoms with E-state index < -0.39 is 27.1 Å². The number of nitrogens with zero attached hydrogens (tertiary/aromatic N) is 2. The third-order valence-electron chi connectivity index (χ3n) is 3.94. The molecule has 0 atom stereocenters. The summed E-state index contributed by atoms with van der Waals surface area (Å²) in [6.45, 7) is 1.53. The fraction of sp³-hybridized carbons (Fsp3) is 0.105. The second-order valence-corrected chi connectivity index (χ2v) is 8.11.